The maximum atomic E-state index is 13.3. The molecule has 2 aromatic rings. The minimum absolute atomic E-state index is 0.109. The Hall–Kier alpha value is -2.15. The van der Waals surface area contributed by atoms with Gasteiger partial charge in [0.15, 0.2) is 0 Å². The van der Waals surface area contributed by atoms with Gasteiger partial charge in [0, 0.05) is 35.4 Å². The van der Waals surface area contributed by atoms with Crippen LogP contribution >= 0.6 is 15.9 Å². The maximum Gasteiger partial charge on any atom is 0.275 e. The molecule has 0 spiro atoms. The van der Waals surface area contributed by atoms with Crippen LogP contribution in [0.2, 0.25) is 0 Å². The highest BCUT2D eigenvalue weighted by Crippen LogP contribution is 2.31. The van der Waals surface area contributed by atoms with Crippen molar-refractivity contribution in [2.24, 2.45) is 0 Å². The van der Waals surface area contributed by atoms with E-state index in [-0.39, 0.29) is 17.2 Å². The Balaban J connectivity index is 2.37. The molecular formula is C13H10BrFN2O3. The normalized spacial score (nSPS) is 10.2. The second-order valence-corrected chi connectivity index (χ2v) is 4.85. The lowest BCUT2D eigenvalue weighted by atomic mass is 10.2. The van der Waals surface area contributed by atoms with Crippen molar-refractivity contribution in [1.82, 2.24) is 0 Å². The zero-order valence-electron chi connectivity index (χ0n) is 10.4. The van der Waals surface area contributed by atoms with E-state index >= 15 is 0 Å². The van der Waals surface area contributed by atoms with E-state index in [0.29, 0.717) is 10.2 Å². The third-order valence-electron chi connectivity index (χ3n) is 2.46. The molecule has 2 rings (SSSR count). The van der Waals surface area contributed by atoms with E-state index in [1.54, 1.807) is 19.2 Å². The van der Waals surface area contributed by atoms with E-state index in [1.807, 2.05) is 0 Å². The maximum absolute atomic E-state index is 13.3. The number of nitro groups is 1. The van der Waals surface area contributed by atoms with Crippen molar-refractivity contribution in [3.05, 3.63) is 56.8 Å². The van der Waals surface area contributed by atoms with Crippen molar-refractivity contribution in [3.8, 4) is 11.5 Å². The highest BCUT2D eigenvalue weighted by Gasteiger charge is 2.11. The summed E-state index contributed by atoms with van der Waals surface area (Å²) < 4.78 is 19.2. The molecule has 0 atom stereocenters. The van der Waals surface area contributed by atoms with Crippen LogP contribution in [0.3, 0.4) is 0 Å². The van der Waals surface area contributed by atoms with Gasteiger partial charge in [0.2, 0.25) is 0 Å². The fourth-order valence-corrected chi connectivity index (χ4v) is 2.06. The van der Waals surface area contributed by atoms with Crippen LogP contribution in [-0.4, -0.2) is 12.0 Å². The Kier molecular flexibility index (Phi) is 4.19. The number of halogens is 2. The lowest BCUT2D eigenvalue weighted by molar-refractivity contribution is -0.384. The van der Waals surface area contributed by atoms with Crippen molar-refractivity contribution in [3.63, 3.8) is 0 Å². The van der Waals surface area contributed by atoms with Crippen molar-refractivity contribution >= 4 is 27.3 Å². The van der Waals surface area contributed by atoms with Crippen LogP contribution in [0.25, 0.3) is 0 Å². The highest BCUT2D eigenvalue weighted by molar-refractivity contribution is 9.10. The molecule has 0 aliphatic rings. The first-order chi connectivity index (χ1) is 9.47. The molecule has 0 aliphatic heterocycles. The number of anilines is 1. The molecule has 0 saturated carbocycles. The Morgan fingerprint density at radius 3 is 2.50 bits per heavy atom. The number of benzene rings is 2. The molecule has 104 valence electrons. The van der Waals surface area contributed by atoms with Gasteiger partial charge in [-0.2, -0.15) is 0 Å². The minimum atomic E-state index is -0.519. The predicted molar refractivity (Wildman–Crippen MR) is 76.8 cm³/mol. The summed E-state index contributed by atoms with van der Waals surface area (Å²) in [6.45, 7) is 0. The summed E-state index contributed by atoms with van der Waals surface area (Å²) in [6.07, 6.45) is 0. The predicted octanol–water partition coefficient (Wildman–Crippen LogP) is 4.33. The number of rotatable bonds is 4. The smallest absolute Gasteiger partial charge is 0.275 e. The summed E-state index contributed by atoms with van der Waals surface area (Å²) >= 11 is 3.15. The Morgan fingerprint density at radius 1 is 1.20 bits per heavy atom. The van der Waals surface area contributed by atoms with Crippen LogP contribution in [0.4, 0.5) is 15.8 Å². The molecular weight excluding hydrogens is 331 g/mol. The average Bonchev–Trinajstić information content (AvgIpc) is 2.36. The number of hydrogen-bond acceptors (Lipinski definition) is 4. The fraction of sp³-hybridized carbons (Fsp3) is 0.0769. The lowest BCUT2D eigenvalue weighted by Crippen LogP contribution is -1.94. The number of non-ortho nitro benzene ring substituents is 1. The molecule has 0 radical (unpaired) electrons. The largest absolute Gasteiger partial charge is 0.457 e. The van der Waals surface area contributed by atoms with E-state index in [2.05, 4.69) is 21.2 Å². The van der Waals surface area contributed by atoms with Gasteiger partial charge in [-0.15, -0.1) is 0 Å². The quantitative estimate of drug-likeness (QED) is 0.664. The van der Waals surface area contributed by atoms with Gasteiger partial charge < -0.3 is 10.1 Å². The van der Waals surface area contributed by atoms with E-state index in [9.17, 15) is 14.5 Å². The zero-order chi connectivity index (χ0) is 14.7. The lowest BCUT2D eigenvalue weighted by Gasteiger charge is -2.08. The van der Waals surface area contributed by atoms with Gasteiger partial charge in [0.1, 0.15) is 17.3 Å². The van der Waals surface area contributed by atoms with Gasteiger partial charge in [-0.05, 0) is 12.1 Å². The molecule has 5 nitrogen and oxygen atoms in total. The van der Waals surface area contributed by atoms with Crippen molar-refractivity contribution in [2.45, 2.75) is 0 Å². The third kappa shape index (κ3) is 3.45. The van der Waals surface area contributed by atoms with Crippen LogP contribution in [0.5, 0.6) is 11.5 Å². The topological polar surface area (TPSA) is 64.4 Å². The van der Waals surface area contributed by atoms with Crippen molar-refractivity contribution < 1.29 is 14.1 Å². The molecule has 0 aromatic heterocycles. The first-order valence-corrected chi connectivity index (χ1v) is 6.38. The Labute approximate surface area is 122 Å². The highest BCUT2D eigenvalue weighted by atomic mass is 79.9. The molecule has 0 bridgehead atoms. The van der Waals surface area contributed by atoms with E-state index in [0.717, 1.165) is 0 Å². The number of nitrogens with one attached hydrogen (secondary N) is 1. The minimum Gasteiger partial charge on any atom is -0.457 e. The molecule has 0 amide bonds. The van der Waals surface area contributed by atoms with Crippen LogP contribution in [0.15, 0.2) is 40.9 Å². The summed E-state index contributed by atoms with van der Waals surface area (Å²) in [7, 11) is 1.64. The number of nitro benzene ring substituents is 1. The Bertz CT molecular complexity index is 644. The van der Waals surface area contributed by atoms with E-state index in [1.165, 1.54) is 24.3 Å². The Morgan fingerprint density at radius 2 is 1.90 bits per heavy atom. The van der Waals surface area contributed by atoms with E-state index in [4.69, 9.17) is 4.74 Å². The second kappa shape index (κ2) is 5.87. The molecule has 2 aromatic carbocycles. The number of hydrogen-bond donors (Lipinski definition) is 1. The molecule has 0 aliphatic carbocycles. The van der Waals surface area contributed by atoms with Crippen molar-refractivity contribution in [1.29, 1.82) is 0 Å². The number of ether oxygens (including phenoxy) is 1. The summed E-state index contributed by atoms with van der Waals surface area (Å²) in [5.41, 5.74) is 0.423. The van der Waals surface area contributed by atoms with Crippen molar-refractivity contribution in [2.75, 3.05) is 12.4 Å². The fourth-order valence-electron chi connectivity index (χ4n) is 1.62. The number of nitrogens with zero attached hydrogens (tertiary/aromatic N) is 1. The zero-order valence-corrected chi connectivity index (χ0v) is 12.0. The molecule has 1 N–H and O–H groups in total. The molecule has 0 fully saturated rings. The second-order valence-electron chi connectivity index (χ2n) is 3.93. The summed E-state index contributed by atoms with van der Waals surface area (Å²) in [6, 6.07) is 8.31. The summed E-state index contributed by atoms with van der Waals surface area (Å²) in [4.78, 5) is 10.3. The first kappa shape index (κ1) is 14.3. The average molecular weight is 341 g/mol. The van der Waals surface area contributed by atoms with Gasteiger partial charge >= 0.3 is 0 Å². The standard InChI is InChI=1S/C13H10BrFN2O3/c1-16-10-5-11(17(18)19)7-13(6-10)20-12-3-8(14)2-9(15)4-12/h2-7,16H,1H3. The first-order valence-electron chi connectivity index (χ1n) is 5.59. The molecule has 7 heteroatoms. The van der Waals surface area contributed by atoms with Crippen LogP contribution in [-0.2, 0) is 0 Å². The molecule has 20 heavy (non-hydrogen) atoms. The molecule has 0 unspecified atom stereocenters. The summed E-state index contributed by atoms with van der Waals surface area (Å²) in [5.74, 6) is 0.0362. The third-order valence-corrected chi connectivity index (χ3v) is 2.92. The van der Waals surface area contributed by atoms with Crippen LogP contribution in [0.1, 0.15) is 0 Å². The SMILES string of the molecule is CNc1cc(Oc2cc(F)cc(Br)c2)cc([N+](=O)[O-])c1. The van der Waals surface area contributed by atoms with Crippen LogP contribution < -0.4 is 10.1 Å². The molecule has 0 heterocycles. The van der Waals surface area contributed by atoms with Gasteiger partial charge in [-0.1, -0.05) is 15.9 Å². The van der Waals surface area contributed by atoms with Gasteiger partial charge in [0.25, 0.3) is 5.69 Å². The monoisotopic (exact) mass is 340 g/mol. The van der Waals surface area contributed by atoms with Crippen LogP contribution in [0, 0.1) is 15.9 Å². The van der Waals surface area contributed by atoms with Gasteiger partial charge in [0.05, 0.1) is 11.0 Å². The van der Waals surface area contributed by atoms with Gasteiger partial charge in [-0.3, -0.25) is 10.1 Å². The summed E-state index contributed by atoms with van der Waals surface area (Å²) in [5, 5.41) is 13.6. The molecule has 0 saturated heterocycles. The van der Waals surface area contributed by atoms with E-state index < -0.39 is 10.7 Å². The van der Waals surface area contributed by atoms with Gasteiger partial charge in [-0.25, -0.2) is 4.39 Å².